The fraction of sp³-hybridized carbons (Fsp3) is 0.333. The van der Waals surface area contributed by atoms with Crippen LogP contribution in [0, 0.1) is 0 Å². The number of benzene rings is 1. The van der Waals surface area contributed by atoms with E-state index in [-0.39, 0.29) is 18.1 Å². The number of nitrogens with one attached hydrogen (secondary N) is 1. The molecule has 0 saturated heterocycles. The number of hydrogen-bond donors (Lipinski definition) is 1. The van der Waals surface area contributed by atoms with Crippen molar-refractivity contribution < 1.29 is 9.53 Å². The van der Waals surface area contributed by atoms with Crippen molar-refractivity contribution in [3.8, 4) is 5.75 Å². The number of hydrogen-bond acceptors (Lipinski definition) is 3. The maximum atomic E-state index is 12.2. The Morgan fingerprint density at radius 3 is 2.82 bits per heavy atom. The predicted molar refractivity (Wildman–Crippen MR) is 84.6 cm³/mol. The Bertz CT molecular complexity index is 601. The van der Waals surface area contributed by atoms with Gasteiger partial charge < -0.3 is 10.1 Å². The molecule has 1 heterocycles. The van der Waals surface area contributed by atoms with Gasteiger partial charge >= 0.3 is 0 Å². The maximum absolute atomic E-state index is 12.2. The van der Waals surface area contributed by atoms with Gasteiger partial charge in [0.1, 0.15) is 11.9 Å². The van der Waals surface area contributed by atoms with Gasteiger partial charge in [0.2, 0.25) is 5.91 Å². The van der Waals surface area contributed by atoms with Crippen molar-refractivity contribution in [2.45, 2.75) is 37.8 Å². The molecule has 1 amide bonds. The average Bonchev–Trinajstić information content (AvgIpc) is 2.96. The Balaban J connectivity index is 1.55. The molecule has 1 aliphatic carbocycles. The molecule has 0 bridgehead atoms. The molecule has 1 aromatic heterocycles. The zero-order valence-electron chi connectivity index (χ0n) is 12.4. The Morgan fingerprint density at radius 1 is 1.18 bits per heavy atom. The van der Waals surface area contributed by atoms with E-state index >= 15 is 0 Å². The SMILES string of the molecule is O=C(Cc1cccnc1)N[C@@H]1CCC[C@H]1Oc1ccccc1. The van der Waals surface area contributed by atoms with Gasteiger partial charge in [-0.2, -0.15) is 0 Å². The topological polar surface area (TPSA) is 51.2 Å². The van der Waals surface area contributed by atoms with E-state index in [1.165, 1.54) is 0 Å². The average molecular weight is 296 g/mol. The smallest absolute Gasteiger partial charge is 0.224 e. The molecule has 1 fully saturated rings. The van der Waals surface area contributed by atoms with Crippen LogP contribution in [0.15, 0.2) is 54.9 Å². The number of nitrogens with zero attached hydrogens (tertiary/aromatic N) is 1. The summed E-state index contributed by atoms with van der Waals surface area (Å²) in [6.45, 7) is 0. The van der Waals surface area contributed by atoms with Crippen molar-refractivity contribution in [2.75, 3.05) is 0 Å². The molecule has 1 aliphatic rings. The Morgan fingerprint density at radius 2 is 2.05 bits per heavy atom. The first-order valence-electron chi connectivity index (χ1n) is 7.71. The minimum atomic E-state index is 0.0292. The molecular weight excluding hydrogens is 276 g/mol. The summed E-state index contributed by atoms with van der Waals surface area (Å²) >= 11 is 0. The molecular formula is C18H20N2O2. The number of ether oxygens (including phenoxy) is 1. The van der Waals surface area contributed by atoms with Gasteiger partial charge in [-0.1, -0.05) is 24.3 Å². The summed E-state index contributed by atoms with van der Waals surface area (Å²) in [4.78, 5) is 16.2. The Hall–Kier alpha value is -2.36. The second-order valence-electron chi connectivity index (χ2n) is 5.61. The van der Waals surface area contributed by atoms with Gasteiger partial charge in [0, 0.05) is 12.4 Å². The number of para-hydroxylation sites is 1. The van der Waals surface area contributed by atoms with E-state index in [0.29, 0.717) is 6.42 Å². The van der Waals surface area contributed by atoms with Crippen LogP contribution in [0.25, 0.3) is 0 Å². The first kappa shape index (κ1) is 14.6. The first-order valence-corrected chi connectivity index (χ1v) is 7.71. The summed E-state index contributed by atoms with van der Waals surface area (Å²) in [6, 6.07) is 13.6. The van der Waals surface area contributed by atoms with E-state index in [1.807, 2.05) is 42.5 Å². The third kappa shape index (κ3) is 3.85. The zero-order chi connectivity index (χ0) is 15.2. The molecule has 2 aromatic rings. The van der Waals surface area contributed by atoms with E-state index in [4.69, 9.17) is 4.74 Å². The molecule has 0 aliphatic heterocycles. The summed E-state index contributed by atoms with van der Waals surface area (Å²) in [7, 11) is 0. The number of rotatable bonds is 5. The largest absolute Gasteiger partial charge is 0.488 e. The molecule has 1 saturated carbocycles. The number of aromatic nitrogens is 1. The van der Waals surface area contributed by atoms with Crippen LogP contribution in [0.2, 0.25) is 0 Å². The molecule has 114 valence electrons. The van der Waals surface area contributed by atoms with Gasteiger partial charge in [-0.15, -0.1) is 0 Å². The van der Waals surface area contributed by atoms with E-state index in [0.717, 1.165) is 30.6 Å². The van der Waals surface area contributed by atoms with Gasteiger partial charge in [-0.05, 0) is 43.0 Å². The highest BCUT2D eigenvalue weighted by Crippen LogP contribution is 2.24. The van der Waals surface area contributed by atoms with Crippen LogP contribution >= 0.6 is 0 Å². The molecule has 1 N–H and O–H groups in total. The van der Waals surface area contributed by atoms with Crippen LogP contribution in [0.1, 0.15) is 24.8 Å². The van der Waals surface area contributed by atoms with Crippen molar-refractivity contribution in [3.63, 3.8) is 0 Å². The minimum Gasteiger partial charge on any atom is -0.488 e. The van der Waals surface area contributed by atoms with Crippen molar-refractivity contribution in [1.29, 1.82) is 0 Å². The van der Waals surface area contributed by atoms with E-state index in [2.05, 4.69) is 10.3 Å². The molecule has 4 heteroatoms. The highest BCUT2D eigenvalue weighted by Gasteiger charge is 2.30. The molecule has 4 nitrogen and oxygen atoms in total. The molecule has 3 rings (SSSR count). The Kier molecular flexibility index (Phi) is 4.68. The third-order valence-corrected chi connectivity index (χ3v) is 3.92. The van der Waals surface area contributed by atoms with Crippen molar-refractivity contribution in [3.05, 3.63) is 60.4 Å². The third-order valence-electron chi connectivity index (χ3n) is 3.92. The van der Waals surface area contributed by atoms with Crippen LogP contribution in [0.3, 0.4) is 0 Å². The molecule has 2 atom stereocenters. The summed E-state index contributed by atoms with van der Waals surface area (Å²) in [5.41, 5.74) is 0.929. The maximum Gasteiger partial charge on any atom is 0.224 e. The second-order valence-corrected chi connectivity index (χ2v) is 5.61. The molecule has 1 aromatic carbocycles. The lowest BCUT2D eigenvalue weighted by Gasteiger charge is -2.22. The summed E-state index contributed by atoms with van der Waals surface area (Å²) < 4.78 is 6.01. The van der Waals surface area contributed by atoms with E-state index in [1.54, 1.807) is 12.4 Å². The monoisotopic (exact) mass is 296 g/mol. The predicted octanol–water partition coefficient (Wildman–Crippen LogP) is 2.74. The van der Waals surface area contributed by atoms with Crippen LogP contribution in [-0.2, 0) is 11.2 Å². The van der Waals surface area contributed by atoms with Crippen LogP contribution < -0.4 is 10.1 Å². The molecule has 22 heavy (non-hydrogen) atoms. The highest BCUT2D eigenvalue weighted by molar-refractivity contribution is 5.78. The van der Waals surface area contributed by atoms with Gasteiger partial charge in [-0.25, -0.2) is 0 Å². The molecule has 0 spiro atoms. The lowest BCUT2D eigenvalue weighted by molar-refractivity contribution is -0.121. The summed E-state index contributed by atoms with van der Waals surface area (Å²) in [5, 5.41) is 3.11. The number of pyridine rings is 1. The van der Waals surface area contributed by atoms with E-state index < -0.39 is 0 Å². The summed E-state index contributed by atoms with van der Waals surface area (Å²) in [5.74, 6) is 0.891. The standard InChI is InChI=1S/C18H20N2O2/c21-18(12-14-6-5-11-19-13-14)20-16-9-4-10-17(16)22-15-7-2-1-3-8-15/h1-3,5-8,11,13,16-17H,4,9-10,12H2,(H,20,21)/t16-,17-/m1/s1. The fourth-order valence-electron chi connectivity index (χ4n) is 2.85. The normalized spacial score (nSPS) is 20.5. The number of carbonyl (C=O) groups is 1. The fourth-order valence-corrected chi connectivity index (χ4v) is 2.85. The van der Waals surface area contributed by atoms with E-state index in [9.17, 15) is 4.79 Å². The van der Waals surface area contributed by atoms with Gasteiger partial charge in [0.15, 0.2) is 0 Å². The lowest BCUT2D eigenvalue weighted by Crippen LogP contribution is -2.43. The Labute approximate surface area is 130 Å². The highest BCUT2D eigenvalue weighted by atomic mass is 16.5. The number of amides is 1. The molecule has 0 radical (unpaired) electrons. The van der Waals surface area contributed by atoms with Gasteiger partial charge in [0.05, 0.1) is 12.5 Å². The van der Waals surface area contributed by atoms with Gasteiger partial charge in [-0.3, -0.25) is 9.78 Å². The quantitative estimate of drug-likeness (QED) is 0.923. The lowest BCUT2D eigenvalue weighted by atomic mass is 10.1. The number of carbonyl (C=O) groups excluding carboxylic acids is 1. The minimum absolute atomic E-state index is 0.0292. The van der Waals surface area contributed by atoms with Crippen molar-refractivity contribution >= 4 is 5.91 Å². The van der Waals surface area contributed by atoms with Crippen LogP contribution in [0.5, 0.6) is 5.75 Å². The first-order chi connectivity index (χ1) is 10.8. The zero-order valence-corrected chi connectivity index (χ0v) is 12.4. The van der Waals surface area contributed by atoms with Crippen molar-refractivity contribution in [2.24, 2.45) is 0 Å². The molecule has 0 unspecified atom stereocenters. The van der Waals surface area contributed by atoms with Crippen molar-refractivity contribution in [1.82, 2.24) is 10.3 Å². The van der Waals surface area contributed by atoms with Gasteiger partial charge in [0.25, 0.3) is 0 Å². The summed E-state index contributed by atoms with van der Waals surface area (Å²) in [6.07, 6.45) is 6.88. The second kappa shape index (κ2) is 7.07. The van der Waals surface area contributed by atoms with Crippen LogP contribution in [0.4, 0.5) is 0 Å². The van der Waals surface area contributed by atoms with Crippen LogP contribution in [-0.4, -0.2) is 23.0 Å².